The van der Waals surface area contributed by atoms with Crippen molar-refractivity contribution in [3.63, 3.8) is 0 Å². The fraction of sp³-hybridized carbons (Fsp3) is 0.286. The van der Waals surface area contributed by atoms with E-state index in [0.29, 0.717) is 6.54 Å². The van der Waals surface area contributed by atoms with E-state index in [0.717, 1.165) is 15.4 Å². The molecule has 66 valence electrons. The molecule has 0 aliphatic rings. The van der Waals surface area contributed by atoms with E-state index in [1.54, 1.807) is 0 Å². The predicted octanol–water partition coefficient (Wildman–Crippen LogP) is 1.01. The number of carbonyl (C=O) groups excluding carboxylic acids is 1. The molecular formula is C7H11N3OS. The fourth-order valence-corrected chi connectivity index (χ4v) is 1.86. The zero-order valence-electron chi connectivity index (χ0n) is 6.76. The summed E-state index contributed by atoms with van der Waals surface area (Å²) in [4.78, 5) is 11.5. The largest absolute Gasteiger partial charge is 0.351 e. The number of nitrogens with two attached hydrogens (primary N) is 2. The molecule has 5 heteroatoms. The third kappa shape index (κ3) is 1.96. The molecule has 0 aliphatic heterocycles. The van der Waals surface area contributed by atoms with Gasteiger partial charge in [-0.3, -0.25) is 5.32 Å². The minimum atomic E-state index is -0.542. The zero-order chi connectivity index (χ0) is 9.14. The third-order valence-electron chi connectivity index (χ3n) is 1.45. The number of primary amides is 1. The number of thiophene rings is 1. The van der Waals surface area contributed by atoms with Crippen LogP contribution >= 0.6 is 11.3 Å². The standard InChI is InChI=1S/C7H11N3OS/c1-4-2-6(10-7(9)11)12-5(4)3-8/h2H,3,8H2,1H3,(H3,9,10,11). The predicted molar refractivity (Wildman–Crippen MR) is 50.2 cm³/mol. The van der Waals surface area contributed by atoms with Crippen LogP contribution in [0.15, 0.2) is 6.07 Å². The van der Waals surface area contributed by atoms with E-state index in [1.165, 1.54) is 11.3 Å². The van der Waals surface area contributed by atoms with Crippen molar-refractivity contribution in [2.24, 2.45) is 11.5 Å². The maximum absolute atomic E-state index is 10.5. The zero-order valence-corrected chi connectivity index (χ0v) is 7.57. The number of hydrogen-bond donors (Lipinski definition) is 3. The van der Waals surface area contributed by atoms with Gasteiger partial charge in [0.2, 0.25) is 0 Å². The van der Waals surface area contributed by atoms with Crippen LogP contribution in [0.5, 0.6) is 0 Å². The summed E-state index contributed by atoms with van der Waals surface area (Å²) in [7, 11) is 0. The Kier molecular flexibility index (Phi) is 2.67. The molecule has 2 amide bonds. The number of nitrogens with one attached hydrogen (secondary N) is 1. The summed E-state index contributed by atoms with van der Waals surface area (Å²) in [6.45, 7) is 2.45. The van der Waals surface area contributed by atoms with Crippen LogP contribution in [-0.4, -0.2) is 6.03 Å². The topological polar surface area (TPSA) is 81.1 Å². The number of urea groups is 1. The summed E-state index contributed by atoms with van der Waals surface area (Å²) in [6, 6.07) is 1.32. The van der Waals surface area contributed by atoms with Crippen LogP contribution < -0.4 is 16.8 Å². The lowest BCUT2D eigenvalue weighted by Crippen LogP contribution is -2.18. The number of amides is 2. The van der Waals surface area contributed by atoms with Gasteiger partial charge in [-0.2, -0.15) is 0 Å². The van der Waals surface area contributed by atoms with E-state index in [9.17, 15) is 4.79 Å². The van der Waals surface area contributed by atoms with Gasteiger partial charge in [0.25, 0.3) is 0 Å². The van der Waals surface area contributed by atoms with E-state index in [2.05, 4.69) is 5.32 Å². The first-order valence-corrected chi connectivity index (χ1v) is 4.31. The van der Waals surface area contributed by atoms with Crippen molar-refractivity contribution >= 4 is 22.4 Å². The Balaban J connectivity index is 2.82. The summed E-state index contributed by atoms with van der Waals surface area (Å²) in [6.07, 6.45) is 0. The van der Waals surface area contributed by atoms with Gasteiger partial charge in [0.1, 0.15) is 0 Å². The van der Waals surface area contributed by atoms with Crippen LogP contribution in [0, 0.1) is 6.92 Å². The lowest BCUT2D eigenvalue weighted by molar-refractivity contribution is 0.259. The Labute approximate surface area is 74.6 Å². The van der Waals surface area contributed by atoms with Crippen molar-refractivity contribution in [1.29, 1.82) is 0 Å². The highest BCUT2D eigenvalue weighted by Crippen LogP contribution is 2.25. The van der Waals surface area contributed by atoms with Crippen molar-refractivity contribution < 1.29 is 4.79 Å². The van der Waals surface area contributed by atoms with Gasteiger partial charge in [-0.15, -0.1) is 11.3 Å². The van der Waals surface area contributed by atoms with Crippen LogP contribution in [-0.2, 0) is 6.54 Å². The van der Waals surface area contributed by atoms with Crippen LogP contribution in [0.3, 0.4) is 0 Å². The van der Waals surface area contributed by atoms with Crippen molar-refractivity contribution in [2.45, 2.75) is 13.5 Å². The van der Waals surface area contributed by atoms with E-state index in [1.807, 2.05) is 13.0 Å². The first-order chi connectivity index (χ1) is 5.63. The summed E-state index contributed by atoms with van der Waals surface area (Å²) in [5.74, 6) is 0. The molecule has 0 bridgehead atoms. The molecular weight excluding hydrogens is 174 g/mol. The minimum absolute atomic E-state index is 0.497. The first kappa shape index (κ1) is 9.02. The summed E-state index contributed by atoms with van der Waals surface area (Å²) < 4.78 is 0. The van der Waals surface area contributed by atoms with Crippen molar-refractivity contribution in [1.82, 2.24) is 0 Å². The summed E-state index contributed by atoms with van der Waals surface area (Å²) >= 11 is 1.45. The number of aryl methyl sites for hydroxylation is 1. The monoisotopic (exact) mass is 185 g/mol. The van der Waals surface area contributed by atoms with Gasteiger partial charge in [-0.1, -0.05) is 0 Å². The van der Waals surface area contributed by atoms with Gasteiger partial charge in [-0.25, -0.2) is 4.79 Å². The van der Waals surface area contributed by atoms with Crippen LogP contribution in [0.25, 0.3) is 0 Å². The molecule has 4 nitrogen and oxygen atoms in total. The van der Waals surface area contributed by atoms with E-state index >= 15 is 0 Å². The maximum atomic E-state index is 10.5. The Hall–Kier alpha value is -1.07. The van der Waals surface area contributed by atoms with Crippen molar-refractivity contribution in [3.05, 3.63) is 16.5 Å². The average Bonchev–Trinajstić information content (AvgIpc) is 2.29. The molecule has 0 unspecified atom stereocenters. The first-order valence-electron chi connectivity index (χ1n) is 3.49. The number of anilines is 1. The molecule has 0 aromatic carbocycles. The van der Waals surface area contributed by atoms with Crippen LogP contribution in [0.2, 0.25) is 0 Å². The van der Waals surface area contributed by atoms with Gasteiger partial charge in [0.15, 0.2) is 0 Å². The normalized spacial score (nSPS) is 9.83. The lowest BCUT2D eigenvalue weighted by atomic mass is 10.3. The van der Waals surface area contributed by atoms with E-state index < -0.39 is 6.03 Å². The molecule has 0 radical (unpaired) electrons. The Morgan fingerprint density at radius 1 is 1.75 bits per heavy atom. The fourth-order valence-electron chi connectivity index (χ4n) is 0.906. The average molecular weight is 185 g/mol. The molecule has 0 aliphatic carbocycles. The molecule has 1 rings (SSSR count). The second-order valence-electron chi connectivity index (χ2n) is 2.41. The molecule has 0 spiro atoms. The van der Waals surface area contributed by atoms with Gasteiger partial charge in [-0.05, 0) is 18.6 Å². The molecule has 5 N–H and O–H groups in total. The second kappa shape index (κ2) is 3.55. The third-order valence-corrected chi connectivity index (χ3v) is 2.63. The quantitative estimate of drug-likeness (QED) is 0.642. The van der Waals surface area contributed by atoms with Crippen molar-refractivity contribution in [3.8, 4) is 0 Å². The van der Waals surface area contributed by atoms with Gasteiger partial charge < -0.3 is 11.5 Å². The van der Waals surface area contributed by atoms with Crippen molar-refractivity contribution in [2.75, 3.05) is 5.32 Å². The van der Waals surface area contributed by atoms with Gasteiger partial charge in [0, 0.05) is 11.4 Å². The molecule has 0 atom stereocenters. The maximum Gasteiger partial charge on any atom is 0.317 e. The molecule has 12 heavy (non-hydrogen) atoms. The highest BCUT2D eigenvalue weighted by Gasteiger charge is 2.04. The molecule has 1 heterocycles. The molecule has 0 saturated heterocycles. The second-order valence-corrected chi connectivity index (χ2v) is 3.55. The minimum Gasteiger partial charge on any atom is -0.351 e. The Morgan fingerprint density at radius 2 is 2.42 bits per heavy atom. The van der Waals surface area contributed by atoms with Crippen LogP contribution in [0.4, 0.5) is 9.80 Å². The van der Waals surface area contributed by atoms with E-state index in [4.69, 9.17) is 11.5 Å². The number of hydrogen-bond acceptors (Lipinski definition) is 3. The molecule has 1 aromatic heterocycles. The molecule has 0 saturated carbocycles. The SMILES string of the molecule is Cc1cc(NC(N)=O)sc1CN. The Morgan fingerprint density at radius 3 is 2.83 bits per heavy atom. The lowest BCUT2D eigenvalue weighted by Gasteiger charge is -1.93. The van der Waals surface area contributed by atoms with Gasteiger partial charge in [0.05, 0.1) is 5.00 Å². The number of rotatable bonds is 2. The molecule has 0 fully saturated rings. The van der Waals surface area contributed by atoms with Gasteiger partial charge >= 0.3 is 6.03 Å². The highest BCUT2D eigenvalue weighted by atomic mass is 32.1. The van der Waals surface area contributed by atoms with Crippen LogP contribution in [0.1, 0.15) is 10.4 Å². The molecule has 1 aromatic rings. The summed E-state index contributed by atoms with van der Waals surface area (Å²) in [5.41, 5.74) is 11.5. The van der Waals surface area contributed by atoms with E-state index in [-0.39, 0.29) is 0 Å². The number of carbonyl (C=O) groups is 1. The highest BCUT2D eigenvalue weighted by molar-refractivity contribution is 7.16. The Bertz CT molecular complexity index is 295. The summed E-state index contributed by atoms with van der Waals surface area (Å²) in [5, 5.41) is 3.25. The smallest absolute Gasteiger partial charge is 0.317 e.